The fraction of sp³-hybridized carbons (Fsp3) is 0.600. The van der Waals surface area contributed by atoms with E-state index in [-0.39, 0.29) is 0 Å². The highest BCUT2D eigenvalue weighted by Gasteiger charge is 2.28. The zero-order chi connectivity index (χ0) is 13.2. The van der Waals surface area contributed by atoms with Crippen molar-refractivity contribution in [1.29, 1.82) is 0 Å². The van der Waals surface area contributed by atoms with Gasteiger partial charge in [-0.1, -0.05) is 28.4 Å². The zero-order valence-corrected chi connectivity index (χ0v) is 12.9. The number of hydrogen-bond donors (Lipinski definition) is 1. The Kier molecular flexibility index (Phi) is 4.10. The molecule has 1 aromatic rings. The van der Waals surface area contributed by atoms with E-state index in [9.17, 15) is 0 Å². The van der Waals surface area contributed by atoms with Crippen molar-refractivity contribution in [3.63, 3.8) is 0 Å². The Morgan fingerprint density at radius 3 is 2.89 bits per heavy atom. The number of nitrogens with zero attached hydrogens (tertiary/aromatic N) is 2. The van der Waals surface area contributed by atoms with E-state index in [2.05, 4.69) is 43.9 Å². The quantitative estimate of drug-likeness (QED) is 0.908. The second kappa shape index (κ2) is 5.81. The Balaban J connectivity index is 1.74. The van der Waals surface area contributed by atoms with Gasteiger partial charge in [0.1, 0.15) is 0 Å². The number of fused-ring (bicyclic) bond motifs is 1. The molecule has 3 rings (SSSR count). The van der Waals surface area contributed by atoms with Crippen LogP contribution in [-0.2, 0) is 6.54 Å². The Bertz CT molecular complexity index is 449. The molecule has 4 heteroatoms. The molecule has 2 N–H and O–H groups in total. The second-order valence-electron chi connectivity index (χ2n) is 5.61. The van der Waals surface area contributed by atoms with E-state index in [0.717, 1.165) is 17.1 Å². The number of anilines is 1. The van der Waals surface area contributed by atoms with Gasteiger partial charge in [0.15, 0.2) is 0 Å². The first-order valence-corrected chi connectivity index (χ1v) is 8.05. The van der Waals surface area contributed by atoms with Crippen LogP contribution in [0, 0.1) is 0 Å². The molecule has 0 aromatic heterocycles. The van der Waals surface area contributed by atoms with Gasteiger partial charge in [-0.25, -0.2) is 0 Å². The first-order chi connectivity index (χ1) is 9.28. The number of halogens is 1. The molecule has 1 unspecified atom stereocenters. The van der Waals surface area contributed by atoms with Crippen molar-refractivity contribution >= 4 is 21.6 Å². The van der Waals surface area contributed by atoms with Crippen LogP contribution < -0.4 is 10.6 Å². The molecule has 1 atom stereocenters. The molecule has 0 aliphatic carbocycles. The summed E-state index contributed by atoms with van der Waals surface area (Å²) in [6.45, 7) is 5.42. The van der Waals surface area contributed by atoms with Gasteiger partial charge in [0.2, 0.25) is 0 Å². The average molecular weight is 324 g/mol. The van der Waals surface area contributed by atoms with Gasteiger partial charge < -0.3 is 10.6 Å². The topological polar surface area (TPSA) is 32.5 Å². The molecule has 0 amide bonds. The smallest absolute Gasteiger partial charge is 0.0378 e. The number of hydrogen-bond acceptors (Lipinski definition) is 3. The lowest BCUT2D eigenvalue weighted by atomic mass is 9.99. The molecule has 2 aliphatic rings. The Hall–Kier alpha value is -0.580. The third kappa shape index (κ3) is 2.81. The Morgan fingerprint density at radius 1 is 1.21 bits per heavy atom. The van der Waals surface area contributed by atoms with Crippen LogP contribution in [0.15, 0.2) is 22.7 Å². The molecular formula is C15H22BrN3. The van der Waals surface area contributed by atoms with Crippen LogP contribution in [0.25, 0.3) is 0 Å². The molecule has 0 spiro atoms. The lowest BCUT2D eigenvalue weighted by molar-refractivity contribution is 0.133. The summed E-state index contributed by atoms with van der Waals surface area (Å²) in [5.74, 6) is 0. The second-order valence-corrected chi connectivity index (χ2v) is 6.47. The highest BCUT2D eigenvalue weighted by molar-refractivity contribution is 9.10. The molecule has 104 valence electrons. The van der Waals surface area contributed by atoms with Crippen molar-refractivity contribution < 1.29 is 0 Å². The van der Waals surface area contributed by atoms with Gasteiger partial charge in [0, 0.05) is 42.4 Å². The van der Waals surface area contributed by atoms with Gasteiger partial charge >= 0.3 is 0 Å². The van der Waals surface area contributed by atoms with E-state index in [4.69, 9.17) is 5.73 Å². The van der Waals surface area contributed by atoms with Crippen molar-refractivity contribution in [2.45, 2.75) is 31.8 Å². The number of benzene rings is 1. The first kappa shape index (κ1) is 13.4. The lowest BCUT2D eigenvalue weighted by Gasteiger charge is -2.45. The van der Waals surface area contributed by atoms with Crippen LogP contribution in [0.5, 0.6) is 0 Å². The van der Waals surface area contributed by atoms with E-state index in [0.29, 0.717) is 6.54 Å². The van der Waals surface area contributed by atoms with Crippen LogP contribution in [0.1, 0.15) is 24.8 Å². The molecule has 0 saturated carbocycles. The van der Waals surface area contributed by atoms with Gasteiger partial charge in [0.25, 0.3) is 0 Å². The van der Waals surface area contributed by atoms with Crippen molar-refractivity contribution in [3.05, 3.63) is 28.2 Å². The summed E-state index contributed by atoms with van der Waals surface area (Å²) in [7, 11) is 0. The van der Waals surface area contributed by atoms with Crippen LogP contribution >= 0.6 is 15.9 Å². The standard InChI is InChI=1S/C15H22BrN3/c16-15-9-13(5-4-12(15)10-17)19-8-7-18-6-2-1-3-14(18)11-19/h4-5,9,14H,1-3,6-8,10-11,17H2. The zero-order valence-electron chi connectivity index (χ0n) is 11.3. The molecule has 3 nitrogen and oxygen atoms in total. The Labute approximate surface area is 123 Å². The minimum atomic E-state index is 0.595. The number of piperazine rings is 1. The molecule has 2 saturated heterocycles. The summed E-state index contributed by atoms with van der Waals surface area (Å²) in [5, 5.41) is 0. The third-order valence-electron chi connectivity index (χ3n) is 4.46. The predicted molar refractivity (Wildman–Crippen MR) is 83.5 cm³/mol. The summed E-state index contributed by atoms with van der Waals surface area (Å²) >= 11 is 3.63. The summed E-state index contributed by atoms with van der Waals surface area (Å²) in [6, 6.07) is 7.34. The predicted octanol–water partition coefficient (Wildman–Crippen LogP) is 2.58. The van der Waals surface area contributed by atoms with Crippen molar-refractivity contribution in [1.82, 2.24) is 4.90 Å². The SMILES string of the molecule is NCc1ccc(N2CCN3CCCCC3C2)cc1Br. The summed E-state index contributed by atoms with van der Waals surface area (Å²) in [5.41, 5.74) is 8.22. The number of rotatable bonds is 2. The maximum absolute atomic E-state index is 5.72. The van der Waals surface area contributed by atoms with E-state index < -0.39 is 0 Å². The summed E-state index contributed by atoms with van der Waals surface area (Å²) in [6.07, 6.45) is 4.14. The molecule has 2 aliphatic heterocycles. The summed E-state index contributed by atoms with van der Waals surface area (Å²) in [4.78, 5) is 5.20. The van der Waals surface area contributed by atoms with Gasteiger partial charge in [0.05, 0.1) is 0 Å². The minimum Gasteiger partial charge on any atom is -0.369 e. The molecule has 1 aromatic carbocycles. The van der Waals surface area contributed by atoms with Gasteiger partial charge in [-0.05, 0) is 37.1 Å². The first-order valence-electron chi connectivity index (χ1n) is 7.25. The molecular weight excluding hydrogens is 302 g/mol. The van der Waals surface area contributed by atoms with Crippen molar-refractivity contribution in [3.8, 4) is 0 Å². The van der Waals surface area contributed by atoms with Crippen LogP contribution in [0.2, 0.25) is 0 Å². The van der Waals surface area contributed by atoms with E-state index in [1.165, 1.54) is 50.1 Å². The van der Waals surface area contributed by atoms with Gasteiger partial charge in [-0.3, -0.25) is 4.90 Å². The van der Waals surface area contributed by atoms with Crippen LogP contribution in [-0.4, -0.2) is 37.1 Å². The van der Waals surface area contributed by atoms with E-state index in [1.54, 1.807) is 0 Å². The molecule has 0 bridgehead atoms. The third-order valence-corrected chi connectivity index (χ3v) is 5.20. The molecule has 19 heavy (non-hydrogen) atoms. The average Bonchev–Trinajstić information content (AvgIpc) is 2.46. The fourth-order valence-electron chi connectivity index (χ4n) is 3.29. The Morgan fingerprint density at radius 2 is 2.11 bits per heavy atom. The van der Waals surface area contributed by atoms with Gasteiger partial charge in [-0.15, -0.1) is 0 Å². The van der Waals surface area contributed by atoms with Crippen LogP contribution in [0.3, 0.4) is 0 Å². The number of piperidine rings is 1. The summed E-state index contributed by atoms with van der Waals surface area (Å²) < 4.78 is 1.14. The highest BCUT2D eigenvalue weighted by atomic mass is 79.9. The van der Waals surface area contributed by atoms with Gasteiger partial charge in [-0.2, -0.15) is 0 Å². The van der Waals surface area contributed by atoms with Crippen molar-refractivity contribution in [2.24, 2.45) is 5.73 Å². The van der Waals surface area contributed by atoms with Crippen LogP contribution in [0.4, 0.5) is 5.69 Å². The fourth-order valence-corrected chi connectivity index (χ4v) is 3.82. The minimum absolute atomic E-state index is 0.595. The monoisotopic (exact) mass is 323 g/mol. The maximum atomic E-state index is 5.72. The molecule has 2 fully saturated rings. The highest BCUT2D eigenvalue weighted by Crippen LogP contribution is 2.28. The van der Waals surface area contributed by atoms with E-state index in [1.807, 2.05) is 0 Å². The largest absolute Gasteiger partial charge is 0.369 e. The van der Waals surface area contributed by atoms with Crippen molar-refractivity contribution in [2.75, 3.05) is 31.1 Å². The molecule has 2 heterocycles. The number of nitrogens with two attached hydrogens (primary N) is 1. The molecule has 0 radical (unpaired) electrons. The normalized spacial score (nSPS) is 24.3. The maximum Gasteiger partial charge on any atom is 0.0378 e. The lowest BCUT2D eigenvalue weighted by Crippen LogP contribution is -2.54. The van der Waals surface area contributed by atoms with E-state index >= 15 is 0 Å².